The van der Waals surface area contributed by atoms with Crippen LogP contribution in [0, 0.1) is 11.3 Å². The zero-order valence-electron chi connectivity index (χ0n) is 15.7. The molecule has 0 aliphatic heterocycles. The molecular weight excluding hydrogens is 342 g/mol. The maximum Gasteiger partial charge on any atom is 0.266 e. The van der Waals surface area contributed by atoms with Gasteiger partial charge in [-0.1, -0.05) is 0 Å². The first-order valence-electron chi connectivity index (χ1n) is 8.67. The minimum Gasteiger partial charge on any atom is -0.507 e. The summed E-state index contributed by atoms with van der Waals surface area (Å²) >= 11 is 0. The van der Waals surface area contributed by atoms with Crippen molar-refractivity contribution in [3.63, 3.8) is 0 Å². The number of nitrogens with zero attached hydrogens (tertiary/aromatic N) is 2. The lowest BCUT2D eigenvalue weighted by Gasteiger charge is -2.21. The van der Waals surface area contributed by atoms with Gasteiger partial charge in [0.05, 0.1) is 7.11 Å². The summed E-state index contributed by atoms with van der Waals surface area (Å²) in [6.07, 6.45) is 1.38. The van der Waals surface area contributed by atoms with Crippen LogP contribution in [0.5, 0.6) is 11.5 Å². The molecule has 0 saturated carbocycles. The average Bonchev–Trinajstić information content (AvgIpc) is 2.68. The molecule has 6 heteroatoms. The Labute approximate surface area is 159 Å². The van der Waals surface area contributed by atoms with Gasteiger partial charge in [0.15, 0.2) is 0 Å². The molecule has 140 valence electrons. The van der Waals surface area contributed by atoms with Gasteiger partial charge in [0.25, 0.3) is 5.91 Å². The Bertz CT molecular complexity index is 863. The Balaban J connectivity index is 2.21. The lowest BCUT2D eigenvalue weighted by Crippen LogP contribution is -2.21. The molecule has 2 rings (SSSR count). The maximum absolute atomic E-state index is 12.4. The summed E-state index contributed by atoms with van der Waals surface area (Å²) in [7, 11) is 1.56. The fourth-order valence-corrected chi connectivity index (χ4v) is 2.62. The van der Waals surface area contributed by atoms with Crippen LogP contribution in [0.15, 0.2) is 48.0 Å². The number of carbonyl (C=O) groups excluding carboxylic acids is 1. The molecule has 0 fully saturated rings. The number of hydrogen-bond donors (Lipinski definition) is 2. The summed E-state index contributed by atoms with van der Waals surface area (Å²) in [5, 5.41) is 22.3. The Morgan fingerprint density at radius 2 is 1.89 bits per heavy atom. The van der Waals surface area contributed by atoms with Gasteiger partial charge >= 0.3 is 0 Å². The van der Waals surface area contributed by atoms with Crippen molar-refractivity contribution < 1.29 is 14.6 Å². The second-order valence-corrected chi connectivity index (χ2v) is 5.77. The minimum atomic E-state index is -0.546. The Hall–Kier alpha value is -3.46. The number of rotatable bonds is 7. The molecule has 0 aliphatic carbocycles. The fourth-order valence-electron chi connectivity index (χ4n) is 2.62. The molecular formula is C21H23N3O3. The molecule has 0 bridgehead atoms. The lowest BCUT2D eigenvalue weighted by molar-refractivity contribution is -0.112. The van der Waals surface area contributed by atoms with Crippen LogP contribution in [0.2, 0.25) is 0 Å². The summed E-state index contributed by atoms with van der Waals surface area (Å²) in [6.45, 7) is 5.70. The third-order valence-electron chi connectivity index (χ3n) is 4.16. The number of ether oxygens (including phenoxy) is 1. The van der Waals surface area contributed by atoms with Crippen LogP contribution in [0.3, 0.4) is 0 Å². The predicted octanol–water partition coefficient (Wildman–Crippen LogP) is 3.79. The number of aromatic hydroxyl groups is 1. The van der Waals surface area contributed by atoms with Gasteiger partial charge in [-0.15, -0.1) is 0 Å². The largest absolute Gasteiger partial charge is 0.507 e. The van der Waals surface area contributed by atoms with Crippen molar-refractivity contribution >= 4 is 23.4 Å². The molecule has 2 N–H and O–H groups in total. The van der Waals surface area contributed by atoms with Crippen molar-refractivity contribution in [2.24, 2.45) is 0 Å². The molecule has 6 nitrogen and oxygen atoms in total. The average molecular weight is 365 g/mol. The van der Waals surface area contributed by atoms with Crippen molar-refractivity contribution in [3.05, 3.63) is 53.6 Å². The van der Waals surface area contributed by atoms with E-state index in [-0.39, 0.29) is 11.3 Å². The molecule has 1 amide bonds. The fraction of sp³-hybridized carbons (Fsp3) is 0.238. The van der Waals surface area contributed by atoms with Gasteiger partial charge in [0.2, 0.25) is 0 Å². The first-order chi connectivity index (χ1) is 13.0. The van der Waals surface area contributed by atoms with Crippen LogP contribution in [-0.4, -0.2) is 31.2 Å². The predicted molar refractivity (Wildman–Crippen MR) is 107 cm³/mol. The number of nitrogens with one attached hydrogen (secondary N) is 1. The summed E-state index contributed by atoms with van der Waals surface area (Å²) in [6, 6.07) is 13.9. The molecule has 0 saturated heterocycles. The number of anilines is 2. The van der Waals surface area contributed by atoms with E-state index in [1.54, 1.807) is 43.5 Å². The van der Waals surface area contributed by atoms with Crippen LogP contribution in [-0.2, 0) is 4.79 Å². The van der Waals surface area contributed by atoms with Crippen molar-refractivity contribution in [2.45, 2.75) is 13.8 Å². The molecule has 0 atom stereocenters. The van der Waals surface area contributed by atoms with E-state index in [2.05, 4.69) is 10.2 Å². The SMILES string of the molecule is CCN(CC)c1ccc(/C=C(/C#N)C(=O)Nc2ccc(OC)cc2)c(O)c1. The normalized spacial score (nSPS) is 10.8. The Morgan fingerprint density at radius 3 is 2.41 bits per heavy atom. The van der Waals surface area contributed by atoms with Crippen molar-refractivity contribution in [1.29, 1.82) is 5.26 Å². The third kappa shape index (κ3) is 5.02. The summed E-state index contributed by atoms with van der Waals surface area (Å²) in [4.78, 5) is 14.5. The highest BCUT2D eigenvalue weighted by Crippen LogP contribution is 2.27. The molecule has 0 spiro atoms. The van der Waals surface area contributed by atoms with Crippen molar-refractivity contribution in [3.8, 4) is 17.6 Å². The lowest BCUT2D eigenvalue weighted by atomic mass is 10.1. The molecule has 27 heavy (non-hydrogen) atoms. The van der Waals surface area contributed by atoms with Gasteiger partial charge in [-0.05, 0) is 56.3 Å². The van der Waals surface area contributed by atoms with Crippen LogP contribution < -0.4 is 15.0 Å². The van der Waals surface area contributed by atoms with E-state index in [1.807, 2.05) is 26.0 Å². The molecule has 0 heterocycles. The highest BCUT2D eigenvalue weighted by molar-refractivity contribution is 6.09. The van der Waals surface area contributed by atoms with E-state index in [0.717, 1.165) is 18.8 Å². The van der Waals surface area contributed by atoms with Crippen molar-refractivity contribution in [2.75, 3.05) is 30.4 Å². The van der Waals surface area contributed by atoms with E-state index in [9.17, 15) is 15.2 Å². The number of phenolic OH excluding ortho intramolecular Hbond substituents is 1. The summed E-state index contributed by atoms with van der Waals surface area (Å²) in [5.41, 5.74) is 1.74. The minimum absolute atomic E-state index is 0.0180. The van der Waals surface area contributed by atoms with E-state index in [4.69, 9.17) is 4.74 Å². The number of hydrogen-bond acceptors (Lipinski definition) is 5. The van der Waals surface area contributed by atoms with Gasteiger partial charge < -0.3 is 20.1 Å². The number of carbonyl (C=O) groups is 1. The monoisotopic (exact) mass is 365 g/mol. The second-order valence-electron chi connectivity index (χ2n) is 5.77. The van der Waals surface area contributed by atoms with E-state index in [1.165, 1.54) is 6.08 Å². The summed E-state index contributed by atoms with van der Waals surface area (Å²) in [5.74, 6) is 0.140. The zero-order valence-corrected chi connectivity index (χ0v) is 15.7. The molecule has 2 aromatic carbocycles. The summed E-state index contributed by atoms with van der Waals surface area (Å²) < 4.78 is 5.07. The van der Waals surface area contributed by atoms with Gasteiger partial charge in [-0.25, -0.2) is 0 Å². The van der Waals surface area contributed by atoms with Crippen LogP contribution in [0.1, 0.15) is 19.4 Å². The Morgan fingerprint density at radius 1 is 1.22 bits per heavy atom. The topological polar surface area (TPSA) is 85.6 Å². The van der Waals surface area contributed by atoms with Gasteiger partial charge in [0, 0.05) is 36.1 Å². The van der Waals surface area contributed by atoms with Gasteiger partial charge in [0.1, 0.15) is 23.1 Å². The zero-order chi connectivity index (χ0) is 19.8. The second kappa shape index (κ2) is 9.30. The van der Waals surface area contributed by atoms with E-state index >= 15 is 0 Å². The van der Waals surface area contributed by atoms with Crippen LogP contribution in [0.4, 0.5) is 11.4 Å². The number of benzene rings is 2. The van der Waals surface area contributed by atoms with Crippen LogP contribution in [0.25, 0.3) is 6.08 Å². The number of phenols is 1. The first-order valence-corrected chi connectivity index (χ1v) is 8.67. The van der Waals surface area contributed by atoms with Crippen molar-refractivity contribution in [1.82, 2.24) is 0 Å². The third-order valence-corrected chi connectivity index (χ3v) is 4.16. The van der Waals surface area contributed by atoms with Gasteiger partial charge in [-0.2, -0.15) is 5.26 Å². The van der Waals surface area contributed by atoms with Crippen LogP contribution >= 0.6 is 0 Å². The molecule has 0 radical (unpaired) electrons. The Kier molecular flexibility index (Phi) is 6.84. The van der Waals surface area contributed by atoms with E-state index in [0.29, 0.717) is 17.0 Å². The maximum atomic E-state index is 12.4. The number of amides is 1. The number of methoxy groups -OCH3 is 1. The molecule has 0 aromatic heterocycles. The smallest absolute Gasteiger partial charge is 0.266 e. The quantitative estimate of drug-likeness (QED) is 0.576. The highest BCUT2D eigenvalue weighted by atomic mass is 16.5. The number of nitriles is 1. The molecule has 2 aromatic rings. The van der Waals surface area contributed by atoms with E-state index < -0.39 is 5.91 Å². The highest BCUT2D eigenvalue weighted by Gasteiger charge is 2.12. The standard InChI is InChI=1S/C21H23N3O3/c1-4-24(5-2)18-9-6-15(20(25)13-18)12-16(14-22)21(26)23-17-7-10-19(27-3)11-8-17/h6-13,25H,4-5H2,1-3H3,(H,23,26)/b16-12-. The molecule has 0 aliphatic rings. The first kappa shape index (κ1) is 19.9. The molecule has 0 unspecified atom stereocenters. The van der Waals surface area contributed by atoms with Gasteiger partial charge in [-0.3, -0.25) is 4.79 Å².